The highest BCUT2D eigenvalue weighted by atomic mass is 16.5. The molecule has 0 aliphatic carbocycles. The van der Waals surface area contributed by atoms with Gasteiger partial charge in [-0.2, -0.15) is 5.10 Å². The summed E-state index contributed by atoms with van der Waals surface area (Å²) in [5.41, 5.74) is 2.84. The van der Waals surface area contributed by atoms with Crippen LogP contribution in [-0.4, -0.2) is 38.4 Å². The summed E-state index contributed by atoms with van der Waals surface area (Å²) in [4.78, 5) is 12.9. The van der Waals surface area contributed by atoms with Gasteiger partial charge in [-0.25, -0.2) is 9.97 Å². The summed E-state index contributed by atoms with van der Waals surface area (Å²) in [6, 6.07) is 7.57. The summed E-state index contributed by atoms with van der Waals surface area (Å²) in [5, 5.41) is 7.51. The number of aryl methyl sites for hydroxylation is 1. The van der Waals surface area contributed by atoms with Gasteiger partial charge in [0.15, 0.2) is 0 Å². The normalized spacial score (nSPS) is 12.1. The first-order valence-electron chi connectivity index (χ1n) is 7.24. The average molecular weight is 310 g/mol. The molecule has 0 saturated carbocycles. The average Bonchev–Trinajstić information content (AvgIpc) is 3.02. The summed E-state index contributed by atoms with van der Waals surface area (Å²) >= 11 is 0. The molecule has 0 aliphatic rings. The monoisotopic (exact) mass is 310 g/mol. The van der Waals surface area contributed by atoms with Gasteiger partial charge in [0.05, 0.1) is 24.0 Å². The number of nitrogens with zero attached hydrogens (tertiary/aromatic N) is 5. The molecule has 0 fully saturated rings. The highest BCUT2D eigenvalue weighted by Gasteiger charge is 2.16. The van der Waals surface area contributed by atoms with Crippen molar-refractivity contribution in [3.05, 3.63) is 54.7 Å². The molecular weight excluding hydrogens is 292 g/mol. The fourth-order valence-corrected chi connectivity index (χ4v) is 2.36. The second-order valence-electron chi connectivity index (χ2n) is 5.03. The highest BCUT2D eigenvalue weighted by Crippen LogP contribution is 2.20. The van der Waals surface area contributed by atoms with Gasteiger partial charge in [-0.05, 0) is 24.3 Å². The van der Waals surface area contributed by atoms with Gasteiger partial charge < -0.3 is 10.1 Å². The molecule has 0 amide bonds. The standard InChI is InChI=1S/C16H18N6O/c1-22-15(6-10-19-22)14(11-23-2)21-16-18-9-5-13(20-16)12-3-7-17-8-4-12/h3-10,14H,11H2,1-2H3,(H,18,20,21)/t14-/m0/s1. The number of aromatic nitrogens is 5. The largest absolute Gasteiger partial charge is 0.382 e. The molecule has 0 aromatic carbocycles. The number of anilines is 1. The summed E-state index contributed by atoms with van der Waals surface area (Å²) in [6.07, 6.45) is 6.98. The van der Waals surface area contributed by atoms with E-state index in [1.807, 2.05) is 36.0 Å². The molecule has 0 aliphatic heterocycles. The van der Waals surface area contributed by atoms with E-state index in [9.17, 15) is 0 Å². The lowest BCUT2D eigenvalue weighted by Gasteiger charge is -2.18. The maximum absolute atomic E-state index is 5.30. The van der Waals surface area contributed by atoms with E-state index in [1.165, 1.54) is 0 Å². The maximum Gasteiger partial charge on any atom is 0.223 e. The summed E-state index contributed by atoms with van der Waals surface area (Å²) in [5.74, 6) is 0.544. The van der Waals surface area contributed by atoms with Crippen molar-refractivity contribution in [2.45, 2.75) is 6.04 Å². The van der Waals surface area contributed by atoms with Crippen LogP contribution in [0.5, 0.6) is 0 Å². The van der Waals surface area contributed by atoms with Gasteiger partial charge in [-0.15, -0.1) is 0 Å². The molecule has 3 rings (SSSR count). The summed E-state index contributed by atoms with van der Waals surface area (Å²) < 4.78 is 7.11. The molecule has 3 aromatic heterocycles. The van der Waals surface area contributed by atoms with Crippen LogP contribution in [0.15, 0.2) is 49.1 Å². The Morgan fingerprint density at radius 1 is 1.13 bits per heavy atom. The second kappa shape index (κ2) is 6.97. The lowest BCUT2D eigenvalue weighted by molar-refractivity contribution is 0.183. The van der Waals surface area contributed by atoms with Gasteiger partial charge in [0, 0.05) is 44.5 Å². The molecule has 23 heavy (non-hydrogen) atoms. The van der Waals surface area contributed by atoms with Gasteiger partial charge in [0.1, 0.15) is 0 Å². The Bertz CT molecular complexity index is 758. The highest BCUT2D eigenvalue weighted by molar-refractivity contribution is 5.59. The van der Waals surface area contributed by atoms with Crippen LogP contribution < -0.4 is 5.32 Å². The molecule has 118 valence electrons. The fraction of sp³-hybridized carbons (Fsp3) is 0.250. The molecular formula is C16H18N6O. The number of hydrogen-bond acceptors (Lipinski definition) is 6. The van der Waals surface area contributed by atoms with Crippen molar-refractivity contribution in [1.29, 1.82) is 0 Å². The number of hydrogen-bond donors (Lipinski definition) is 1. The van der Waals surface area contributed by atoms with Crippen LogP contribution in [0, 0.1) is 0 Å². The van der Waals surface area contributed by atoms with E-state index in [0.717, 1.165) is 17.0 Å². The first-order chi connectivity index (χ1) is 11.3. The van der Waals surface area contributed by atoms with Crippen molar-refractivity contribution in [1.82, 2.24) is 24.7 Å². The molecule has 3 heterocycles. The van der Waals surface area contributed by atoms with Gasteiger partial charge >= 0.3 is 0 Å². The van der Waals surface area contributed by atoms with Crippen LogP contribution >= 0.6 is 0 Å². The quantitative estimate of drug-likeness (QED) is 0.751. The first-order valence-corrected chi connectivity index (χ1v) is 7.24. The number of methoxy groups -OCH3 is 1. The molecule has 0 spiro atoms. The van der Waals surface area contributed by atoms with Crippen LogP contribution in [0.25, 0.3) is 11.3 Å². The van der Waals surface area contributed by atoms with Crippen molar-refractivity contribution in [3.8, 4) is 11.3 Å². The zero-order chi connectivity index (χ0) is 16.1. The van der Waals surface area contributed by atoms with E-state index in [-0.39, 0.29) is 6.04 Å². The van der Waals surface area contributed by atoms with Crippen LogP contribution in [0.4, 0.5) is 5.95 Å². The van der Waals surface area contributed by atoms with Crippen molar-refractivity contribution in [3.63, 3.8) is 0 Å². The van der Waals surface area contributed by atoms with E-state index in [1.54, 1.807) is 31.9 Å². The Hall–Kier alpha value is -2.80. The summed E-state index contributed by atoms with van der Waals surface area (Å²) in [7, 11) is 3.56. The van der Waals surface area contributed by atoms with Crippen molar-refractivity contribution < 1.29 is 4.74 Å². The zero-order valence-electron chi connectivity index (χ0n) is 13.0. The van der Waals surface area contributed by atoms with Crippen molar-refractivity contribution in [2.75, 3.05) is 19.0 Å². The smallest absolute Gasteiger partial charge is 0.223 e. The Morgan fingerprint density at radius 2 is 1.96 bits per heavy atom. The predicted octanol–water partition coefficient (Wildman–Crippen LogP) is 2.07. The van der Waals surface area contributed by atoms with Crippen molar-refractivity contribution >= 4 is 5.95 Å². The number of pyridine rings is 1. The fourth-order valence-electron chi connectivity index (χ4n) is 2.36. The minimum atomic E-state index is -0.0832. The zero-order valence-corrected chi connectivity index (χ0v) is 13.0. The third kappa shape index (κ3) is 3.51. The minimum Gasteiger partial charge on any atom is -0.382 e. The van der Waals surface area contributed by atoms with Crippen LogP contribution in [0.3, 0.4) is 0 Å². The SMILES string of the molecule is COC[C@H](Nc1nccc(-c2ccncc2)n1)c1ccnn1C. The van der Waals surface area contributed by atoms with E-state index < -0.39 is 0 Å². The van der Waals surface area contributed by atoms with Crippen LogP contribution in [0.1, 0.15) is 11.7 Å². The van der Waals surface area contributed by atoms with E-state index in [4.69, 9.17) is 4.74 Å². The first kappa shape index (κ1) is 15.1. The third-order valence-electron chi connectivity index (χ3n) is 3.48. The molecule has 0 bridgehead atoms. The van der Waals surface area contributed by atoms with Gasteiger partial charge in [0.25, 0.3) is 0 Å². The number of ether oxygens (including phenoxy) is 1. The molecule has 7 heteroatoms. The number of rotatable bonds is 6. The van der Waals surface area contributed by atoms with Gasteiger partial charge in [0.2, 0.25) is 5.95 Å². The number of nitrogens with one attached hydrogen (secondary N) is 1. The van der Waals surface area contributed by atoms with Gasteiger partial charge in [-0.3, -0.25) is 9.67 Å². The molecule has 3 aromatic rings. The molecule has 0 radical (unpaired) electrons. The lowest BCUT2D eigenvalue weighted by atomic mass is 10.2. The Kier molecular flexibility index (Phi) is 4.58. The molecule has 0 saturated heterocycles. The van der Waals surface area contributed by atoms with Crippen LogP contribution in [-0.2, 0) is 11.8 Å². The van der Waals surface area contributed by atoms with Crippen LogP contribution in [0.2, 0.25) is 0 Å². The van der Waals surface area contributed by atoms with E-state index >= 15 is 0 Å². The Morgan fingerprint density at radius 3 is 2.65 bits per heavy atom. The topological polar surface area (TPSA) is 77.8 Å². The summed E-state index contributed by atoms with van der Waals surface area (Å²) in [6.45, 7) is 0.488. The minimum absolute atomic E-state index is 0.0832. The Balaban J connectivity index is 1.85. The molecule has 1 atom stereocenters. The van der Waals surface area contributed by atoms with E-state index in [0.29, 0.717) is 12.6 Å². The lowest BCUT2D eigenvalue weighted by Crippen LogP contribution is -2.20. The third-order valence-corrected chi connectivity index (χ3v) is 3.48. The van der Waals surface area contributed by atoms with Gasteiger partial charge in [-0.1, -0.05) is 0 Å². The molecule has 0 unspecified atom stereocenters. The molecule has 7 nitrogen and oxygen atoms in total. The van der Waals surface area contributed by atoms with E-state index in [2.05, 4.69) is 25.4 Å². The second-order valence-corrected chi connectivity index (χ2v) is 5.03. The van der Waals surface area contributed by atoms with Crippen molar-refractivity contribution in [2.24, 2.45) is 7.05 Å². The Labute approximate surface area is 134 Å². The predicted molar refractivity (Wildman–Crippen MR) is 86.7 cm³/mol. The maximum atomic E-state index is 5.30. The molecule has 1 N–H and O–H groups in total.